The lowest BCUT2D eigenvalue weighted by atomic mass is 9.92. The lowest BCUT2D eigenvalue weighted by molar-refractivity contribution is 0.361. The average molecular weight is 270 g/mol. The molecule has 0 N–H and O–H groups in total. The fourth-order valence-corrected chi connectivity index (χ4v) is 2.44. The van der Waals surface area contributed by atoms with E-state index < -0.39 is 0 Å². The van der Waals surface area contributed by atoms with Crippen molar-refractivity contribution in [2.45, 2.75) is 32.7 Å². The Labute approximate surface area is 99.0 Å². The van der Waals surface area contributed by atoms with Gasteiger partial charge in [0.2, 0.25) is 0 Å². The molecule has 2 rings (SSSR count). The topological polar surface area (TPSA) is 29.0 Å². The monoisotopic (exact) mass is 269 g/mol. The zero-order chi connectivity index (χ0) is 10.8. The standard InChI is InChI=1S/C11H16BrN3/c1-8-4-3-5-15(9(8)2)11-6-10(12)13-7-14-11/h6-9H,3-5H2,1-2H3. The van der Waals surface area contributed by atoms with Crippen LogP contribution in [0.2, 0.25) is 0 Å². The first-order chi connectivity index (χ1) is 7.18. The maximum atomic E-state index is 4.33. The summed E-state index contributed by atoms with van der Waals surface area (Å²) in [5.41, 5.74) is 0. The van der Waals surface area contributed by atoms with Crippen molar-refractivity contribution in [1.82, 2.24) is 9.97 Å². The van der Waals surface area contributed by atoms with E-state index in [4.69, 9.17) is 0 Å². The third-order valence-corrected chi connectivity index (χ3v) is 3.72. The van der Waals surface area contributed by atoms with E-state index in [0.717, 1.165) is 22.9 Å². The Balaban J connectivity index is 2.22. The molecule has 0 amide bonds. The lowest BCUT2D eigenvalue weighted by Crippen LogP contribution is -2.42. The minimum absolute atomic E-state index is 0.570. The predicted molar refractivity (Wildman–Crippen MR) is 64.9 cm³/mol. The number of aromatic nitrogens is 2. The molecule has 1 fully saturated rings. The number of halogens is 1. The van der Waals surface area contributed by atoms with Crippen LogP contribution in [-0.4, -0.2) is 22.6 Å². The first-order valence-corrected chi connectivity index (χ1v) is 6.22. The highest BCUT2D eigenvalue weighted by atomic mass is 79.9. The maximum absolute atomic E-state index is 4.33. The molecule has 2 atom stereocenters. The zero-order valence-corrected chi connectivity index (χ0v) is 10.7. The summed E-state index contributed by atoms with van der Waals surface area (Å²) in [7, 11) is 0. The molecule has 2 unspecified atom stereocenters. The van der Waals surface area contributed by atoms with Crippen molar-refractivity contribution in [3.8, 4) is 0 Å². The summed E-state index contributed by atoms with van der Waals surface area (Å²) in [5.74, 6) is 1.78. The fraction of sp³-hybridized carbons (Fsp3) is 0.636. The molecule has 1 aliphatic heterocycles. The molecule has 0 saturated carbocycles. The predicted octanol–water partition coefficient (Wildman–Crippen LogP) is 2.86. The van der Waals surface area contributed by atoms with Crippen LogP contribution in [0.3, 0.4) is 0 Å². The van der Waals surface area contributed by atoms with Gasteiger partial charge in [-0.1, -0.05) is 6.92 Å². The molecule has 0 radical (unpaired) electrons. The highest BCUT2D eigenvalue weighted by Crippen LogP contribution is 2.27. The van der Waals surface area contributed by atoms with Crippen LogP contribution in [0.1, 0.15) is 26.7 Å². The first-order valence-electron chi connectivity index (χ1n) is 5.42. The van der Waals surface area contributed by atoms with Gasteiger partial charge in [0.1, 0.15) is 16.7 Å². The Hall–Kier alpha value is -0.640. The van der Waals surface area contributed by atoms with Crippen LogP contribution >= 0.6 is 15.9 Å². The largest absolute Gasteiger partial charge is 0.354 e. The van der Waals surface area contributed by atoms with Crippen molar-refractivity contribution in [2.24, 2.45) is 5.92 Å². The number of rotatable bonds is 1. The van der Waals surface area contributed by atoms with E-state index in [1.807, 2.05) is 6.07 Å². The summed E-state index contributed by atoms with van der Waals surface area (Å²) in [6.07, 6.45) is 4.20. The molecule has 1 aromatic heterocycles. The van der Waals surface area contributed by atoms with Gasteiger partial charge in [-0.25, -0.2) is 9.97 Å². The van der Waals surface area contributed by atoms with Gasteiger partial charge >= 0.3 is 0 Å². The Morgan fingerprint density at radius 2 is 2.20 bits per heavy atom. The second-order valence-electron chi connectivity index (χ2n) is 4.25. The molecule has 1 aromatic rings. The summed E-state index contributed by atoms with van der Waals surface area (Å²) in [6.45, 7) is 5.70. The van der Waals surface area contributed by atoms with Gasteiger partial charge in [0.25, 0.3) is 0 Å². The molecule has 0 aromatic carbocycles. The minimum Gasteiger partial charge on any atom is -0.354 e. The van der Waals surface area contributed by atoms with Gasteiger partial charge in [-0.2, -0.15) is 0 Å². The Morgan fingerprint density at radius 1 is 1.40 bits per heavy atom. The molecule has 15 heavy (non-hydrogen) atoms. The zero-order valence-electron chi connectivity index (χ0n) is 9.15. The Kier molecular flexibility index (Phi) is 3.24. The van der Waals surface area contributed by atoms with Gasteiger partial charge in [-0.05, 0) is 41.6 Å². The van der Waals surface area contributed by atoms with Crippen molar-refractivity contribution < 1.29 is 0 Å². The molecule has 4 heteroatoms. The highest BCUT2D eigenvalue weighted by molar-refractivity contribution is 9.10. The van der Waals surface area contributed by atoms with Gasteiger partial charge in [0, 0.05) is 18.7 Å². The van der Waals surface area contributed by atoms with Crippen molar-refractivity contribution in [3.05, 3.63) is 17.0 Å². The van der Waals surface area contributed by atoms with Crippen LogP contribution in [-0.2, 0) is 0 Å². The fourth-order valence-electron chi connectivity index (χ4n) is 2.14. The van der Waals surface area contributed by atoms with Crippen molar-refractivity contribution in [1.29, 1.82) is 0 Å². The van der Waals surface area contributed by atoms with Crippen LogP contribution in [0.25, 0.3) is 0 Å². The molecule has 82 valence electrons. The number of hydrogen-bond donors (Lipinski definition) is 0. The number of hydrogen-bond acceptors (Lipinski definition) is 3. The van der Waals surface area contributed by atoms with Crippen LogP contribution < -0.4 is 4.90 Å². The molecule has 0 spiro atoms. The minimum atomic E-state index is 0.570. The summed E-state index contributed by atoms with van der Waals surface area (Å²) in [6, 6.07) is 2.56. The van der Waals surface area contributed by atoms with Crippen molar-refractivity contribution in [3.63, 3.8) is 0 Å². The highest BCUT2D eigenvalue weighted by Gasteiger charge is 2.25. The van der Waals surface area contributed by atoms with E-state index in [1.54, 1.807) is 6.33 Å². The third-order valence-electron chi connectivity index (χ3n) is 3.29. The van der Waals surface area contributed by atoms with E-state index in [1.165, 1.54) is 12.8 Å². The molecule has 0 bridgehead atoms. The van der Waals surface area contributed by atoms with E-state index in [2.05, 4.69) is 44.6 Å². The third kappa shape index (κ3) is 2.30. The molecule has 2 heterocycles. The Bertz CT molecular complexity index is 342. The van der Waals surface area contributed by atoms with Crippen LogP contribution in [0.4, 0.5) is 5.82 Å². The van der Waals surface area contributed by atoms with Gasteiger partial charge in [-0.3, -0.25) is 0 Å². The SMILES string of the molecule is CC1CCCN(c2cc(Br)ncn2)C1C. The quantitative estimate of drug-likeness (QED) is 0.735. The average Bonchev–Trinajstić information content (AvgIpc) is 2.22. The van der Waals surface area contributed by atoms with Gasteiger partial charge in [0.05, 0.1) is 0 Å². The summed E-state index contributed by atoms with van der Waals surface area (Å²) >= 11 is 3.39. The van der Waals surface area contributed by atoms with E-state index in [9.17, 15) is 0 Å². The summed E-state index contributed by atoms with van der Waals surface area (Å²) in [4.78, 5) is 10.8. The second kappa shape index (κ2) is 4.47. The molecule has 0 aliphatic carbocycles. The summed E-state index contributed by atoms with van der Waals surface area (Å²) in [5, 5.41) is 0. The molecular formula is C11H16BrN3. The normalized spacial score (nSPS) is 26.7. The Morgan fingerprint density at radius 3 is 2.93 bits per heavy atom. The van der Waals surface area contributed by atoms with E-state index >= 15 is 0 Å². The number of piperidine rings is 1. The van der Waals surface area contributed by atoms with Crippen molar-refractivity contribution >= 4 is 21.7 Å². The van der Waals surface area contributed by atoms with Crippen LogP contribution in [0, 0.1) is 5.92 Å². The lowest BCUT2D eigenvalue weighted by Gasteiger charge is -2.38. The molecule has 1 saturated heterocycles. The molecule has 1 aliphatic rings. The van der Waals surface area contributed by atoms with Crippen molar-refractivity contribution in [2.75, 3.05) is 11.4 Å². The number of nitrogens with zero attached hydrogens (tertiary/aromatic N) is 3. The van der Waals surface area contributed by atoms with Crippen LogP contribution in [0.5, 0.6) is 0 Å². The molecule has 3 nitrogen and oxygen atoms in total. The van der Waals surface area contributed by atoms with Gasteiger partial charge < -0.3 is 4.90 Å². The summed E-state index contributed by atoms with van der Waals surface area (Å²) < 4.78 is 0.859. The van der Waals surface area contributed by atoms with E-state index in [0.29, 0.717) is 6.04 Å². The number of anilines is 1. The van der Waals surface area contributed by atoms with Gasteiger partial charge in [-0.15, -0.1) is 0 Å². The van der Waals surface area contributed by atoms with Gasteiger partial charge in [0.15, 0.2) is 0 Å². The molecular weight excluding hydrogens is 254 g/mol. The smallest absolute Gasteiger partial charge is 0.133 e. The second-order valence-corrected chi connectivity index (χ2v) is 5.06. The van der Waals surface area contributed by atoms with Crippen LogP contribution in [0.15, 0.2) is 17.0 Å². The first kappa shape index (κ1) is 10.9. The maximum Gasteiger partial charge on any atom is 0.133 e. The van der Waals surface area contributed by atoms with E-state index in [-0.39, 0.29) is 0 Å².